The quantitative estimate of drug-likeness (QED) is 0.179. The van der Waals surface area contributed by atoms with Crippen LogP contribution in [0.3, 0.4) is 0 Å². The molecule has 45 heavy (non-hydrogen) atoms. The van der Waals surface area contributed by atoms with Crippen LogP contribution in [-0.4, -0.2) is 53.6 Å². The Labute approximate surface area is 247 Å². The molecule has 0 aliphatic carbocycles. The van der Waals surface area contributed by atoms with E-state index in [2.05, 4.69) is 15.3 Å². The summed E-state index contributed by atoms with van der Waals surface area (Å²) in [5, 5.41) is 18.9. The fourth-order valence-corrected chi connectivity index (χ4v) is 3.90. The van der Waals surface area contributed by atoms with Crippen LogP contribution in [0.2, 0.25) is 0 Å². The molecule has 0 saturated carbocycles. The highest BCUT2D eigenvalue weighted by atomic mass is 19.4. The lowest BCUT2D eigenvalue weighted by Gasteiger charge is -2.09. The Balaban J connectivity index is 0.000000591. The summed E-state index contributed by atoms with van der Waals surface area (Å²) in [6, 6.07) is 14.0. The Morgan fingerprint density at radius 2 is 1.49 bits per heavy atom. The number of nitrogens with zero attached hydrogens (tertiary/aromatic N) is 4. The zero-order chi connectivity index (χ0) is 33.1. The number of carbonyl (C=O) groups is 3. The number of benzene rings is 2. The lowest BCUT2D eigenvalue weighted by atomic mass is 10.1. The minimum atomic E-state index is -5.08. The first-order valence-electron chi connectivity index (χ1n) is 12.3. The second kappa shape index (κ2) is 12.3. The maximum atomic E-state index is 13.0. The topological polar surface area (TPSA) is 173 Å². The zero-order valence-electron chi connectivity index (χ0n) is 22.3. The minimum Gasteiger partial charge on any atom is -0.478 e. The van der Waals surface area contributed by atoms with Crippen molar-refractivity contribution in [2.75, 3.05) is 11.1 Å². The summed E-state index contributed by atoms with van der Waals surface area (Å²) < 4.78 is 72.3. The van der Waals surface area contributed by atoms with Crippen molar-refractivity contribution in [3.8, 4) is 22.6 Å². The number of amides is 1. The molecule has 2 aromatic carbocycles. The van der Waals surface area contributed by atoms with E-state index in [1.807, 2.05) is 0 Å². The first-order chi connectivity index (χ1) is 21.1. The van der Waals surface area contributed by atoms with Gasteiger partial charge in [0.15, 0.2) is 0 Å². The fraction of sp³-hybridized carbons (Fsp3) is 0.0714. The summed E-state index contributed by atoms with van der Waals surface area (Å²) in [5.41, 5.74) is 7.54. The molecule has 3 aromatic heterocycles. The lowest BCUT2D eigenvalue weighted by Crippen LogP contribution is -2.21. The summed E-state index contributed by atoms with van der Waals surface area (Å²) in [4.78, 5) is 45.6. The van der Waals surface area contributed by atoms with Crippen molar-refractivity contribution >= 4 is 35.0 Å². The molecule has 0 atom stereocenters. The van der Waals surface area contributed by atoms with E-state index < -0.39 is 35.8 Å². The largest absolute Gasteiger partial charge is 0.490 e. The number of anilines is 2. The van der Waals surface area contributed by atoms with Crippen molar-refractivity contribution in [3.63, 3.8) is 0 Å². The Morgan fingerprint density at radius 3 is 2.09 bits per heavy atom. The molecule has 0 unspecified atom stereocenters. The number of nitrogen functional groups attached to an aromatic ring is 1. The number of imidazole rings is 1. The Bertz CT molecular complexity index is 1910. The molecule has 0 radical (unpaired) electrons. The number of aliphatic carboxylic acids is 1. The van der Waals surface area contributed by atoms with Crippen LogP contribution in [0.1, 0.15) is 26.3 Å². The molecule has 5 aromatic rings. The molecule has 0 bridgehead atoms. The van der Waals surface area contributed by atoms with Crippen LogP contribution >= 0.6 is 0 Å². The first-order valence-corrected chi connectivity index (χ1v) is 12.3. The van der Waals surface area contributed by atoms with E-state index >= 15 is 0 Å². The number of hydrogen-bond acceptors (Lipinski definition) is 7. The molecule has 17 heteroatoms. The Morgan fingerprint density at radius 1 is 0.822 bits per heavy atom. The molecule has 5 N–H and O–H groups in total. The van der Waals surface area contributed by atoms with Crippen LogP contribution in [0, 0.1) is 0 Å². The van der Waals surface area contributed by atoms with E-state index in [9.17, 15) is 41.0 Å². The fourth-order valence-electron chi connectivity index (χ4n) is 3.90. The van der Waals surface area contributed by atoms with Crippen molar-refractivity contribution in [3.05, 3.63) is 95.9 Å². The van der Waals surface area contributed by atoms with Gasteiger partial charge in [0.25, 0.3) is 5.91 Å². The molecule has 3 heterocycles. The highest BCUT2D eigenvalue weighted by Crippen LogP contribution is 2.33. The number of nitrogens with two attached hydrogens (primary N) is 1. The van der Waals surface area contributed by atoms with Crippen LogP contribution in [0.5, 0.6) is 0 Å². The van der Waals surface area contributed by atoms with E-state index in [-0.39, 0.29) is 22.8 Å². The van der Waals surface area contributed by atoms with Gasteiger partial charge in [-0.25, -0.2) is 24.5 Å². The van der Waals surface area contributed by atoms with Crippen molar-refractivity contribution in [1.82, 2.24) is 19.4 Å². The molecule has 0 aliphatic rings. The van der Waals surface area contributed by atoms with Crippen molar-refractivity contribution in [1.29, 1.82) is 0 Å². The van der Waals surface area contributed by atoms with E-state index in [1.165, 1.54) is 30.5 Å². The predicted molar refractivity (Wildman–Crippen MR) is 146 cm³/mol. The van der Waals surface area contributed by atoms with E-state index in [4.69, 9.17) is 20.6 Å². The van der Waals surface area contributed by atoms with Crippen LogP contribution in [0.15, 0.2) is 79.3 Å². The highest BCUT2D eigenvalue weighted by Gasteiger charge is 2.38. The normalized spacial score (nSPS) is 11.4. The molecule has 11 nitrogen and oxygen atoms in total. The van der Waals surface area contributed by atoms with Gasteiger partial charge in [0.2, 0.25) is 0 Å². The summed E-state index contributed by atoms with van der Waals surface area (Å²) in [6.07, 6.45) is -5.54. The van der Waals surface area contributed by atoms with Crippen LogP contribution in [0.4, 0.5) is 38.0 Å². The molecule has 232 valence electrons. The molecule has 0 saturated heterocycles. The second-order valence-electron chi connectivity index (χ2n) is 8.96. The number of carbonyl (C=O) groups excluding carboxylic acids is 1. The number of fused-ring (bicyclic) bond motifs is 1. The third-order valence-electron chi connectivity index (χ3n) is 5.94. The zero-order valence-corrected chi connectivity index (χ0v) is 22.3. The number of aromatic nitrogens is 4. The van der Waals surface area contributed by atoms with Gasteiger partial charge in [-0.3, -0.25) is 9.20 Å². The number of nitrogens with one attached hydrogen (secondary N) is 1. The van der Waals surface area contributed by atoms with Crippen molar-refractivity contribution < 1.29 is 50.9 Å². The van der Waals surface area contributed by atoms with Crippen molar-refractivity contribution in [2.24, 2.45) is 0 Å². The number of carboxylic acids is 2. The Hall–Kier alpha value is -6.00. The Kier molecular flexibility index (Phi) is 8.74. The van der Waals surface area contributed by atoms with Crippen LogP contribution in [0.25, 0.3) is 28.2 Å². The number of alkyl halides is 6. The van der Waals surface area contributed by atoms with Gasteiger partial charge in [-0.15, -0.1) is 0 Å². The van der Waals surface area contributed by atoms with Gasteiger partial charge >= 0.3 is 24.3 Å². The summed E-state index contributed by atoms with van der Waals surface area (Å²) in [5.74, 6) is -4.10. The molecule has 0 spiro atoms. The minimum absolute atomic E-state index is 0.0912. The van der Waals surface area contributed by atoms with Gasteiger partial charge in [0, 0.05) is 35.3 Å². The monoisotopic (exact) mass is 632 g/mol. The number of carboxylic acid groups (broad SMARTS) is 2. The van der Waals surface area contributed by atoms with Gasteiger partial charge in [-0.1, -0.05) is 24.3 Å². The third-order valence-corrected chi connectivity index (χ3v) is 5.94. The van der Waals surface area contributed by atoms with Crippen LogP contribution < -0.4 is 11.1 Å². The lowest BCUT2D eigenvalue weighted by molar-refractivity contribution is -0.192. The first kappa shape index (κ1) is 31.9. The predicted octanol–water partition coefficient (Wildman–Crippen LogP) is 5.64. The van der Waals surface area contributed by atoms with Crippen LogP contribution in [-0.2, 0) is 11.0 Å². The molecular weight excluding hydrogens is 614 g/mol. The van der Waals surface area contributed by atoms with Gasteiger partial charge in [0.1, 0.15) is 28.7 Å². The molecule has 0 aliphatic heterocycles. The van der Waals surface area contributed by atoms with E-state index in [1.54, 1.807) is 34.9 Å². The number of pyridine rings is 1. The number of hydrogen-bond donors (Lipinski definition) is 4. The van der Waals surface area contributed by atoms with Crippen molar-refractivity contribution in [2.45, 2.75) is 12.4 Å². The average molecular weight is 632 g/mol. The van der Waals surface area contributed by atoms with Gasteiger partial charge in [0.05, 0.1) is 11.1 Å². The van der Waals surface area contributed by atoms with E-state index in [0.29, 0.717) is 28.2 Å². The second-order valence-corrected chi connectivity index (χ2v) is 8.96. The molecular formula is C28H18F6N6O5. The standard InChI is InChI=1S/C26H17F3N6O3.C2HF3O2/c27-26(28,29)18-8-9-31-19(13-18)33-24(36)15-6-4-14(5-7-15)20-21-22(30)32-10-11-35(21)23(34-20)16-2-1-3-17(12-16)25(37)38;3-2(4,5)1(6)7/h1-13H,(H2,30,32)(H,37,38)(H,31,33,36);(H,6,7). The summed E-state index contributed by atoms with van der Waals surface area (Å²) in [6.45, 7) is 0. The van der Waals surface area contributed by atoms with Gasteiger partial charge < -0.3 is 21.3 Å². The molecule has 0 fully saturated rings. The van der Waals surface area contributed by atoms with E-state index in [0.717, 1.165) is 18.3 Å². The summed E-state index contributed by atoms with van der Waals surface area (Å²) >= 11 is 0. The summed E-state index contributed by atoms with van der Waals surface area (Å²) in [7, 11) is 0. The molecule has 5 rings (SSSR count). The maximum absolute atomic E-state index is 13.0. The molecule has 1 amide bonds. The maximum Gasteiger partial charge on any atom is 0.490 e. The smallest absolute Gasteiger partial charge is 0.478 e. The van der Waals surface area contributed by atoms with Gasteiger partial charge in [-0.2, -0.15) is 26.3 Å². The number of aromatic carboxylic acids is 1. The number of rotatable bonds is 5. The average Bonchev–Trinajstić information content (AvgIpc) is 3.38. The highest BCUT2D eigenvalue weighted by molar-refractivity contribution is 6.04. The SMILES string of the molecule is Nc1nccn2c(-c3cccc(C(=O)O)c3)nc(-c3ccc(C(=O)Nc4cc(C(F)(F)F)ccn4)cc3)c12.O=C(O)C(F)(F)F. The van der Waals surface area contributed by atoms with Gasteiger partial charge in [-0.05, 0) is 36.4 Å². The third kappa shape index (κ3) is 7.32. The number of halogens is 6.